The number of nitrogens with one attached hydrogen (secondary N) is 1. The number of amides is 2. The number of aliphatic hydroxyl groups is 1. The highest BCUT2D eigenvalue weighted by Gasteiger charge is 2.44. The molecule has 2 unspecified atom stereocenters. The number of nitrogens with two attached hydrogens (primary N) is 1. The van der Waals surface area contributed by atoms with Gasteiger partial charge in [-0.05, 0) is 79.1 Å². The number of para-hydroxylation sites is 1. The fourth-order valence-corrected chi connectivity index (χ4v) is 11.8. The van der Waals surface area contributed by atoms with Crippen LogP contribution in [-0.2, 0) is 9.59 Å². The lowest BCUT2D eigenvalue weighted by Gasteiger charge is -2.43. The Hall–Kier alpha value is -8.35. The molecule has 1 saturated carbocycles. The number of pyridine rings is 1. The maximum Gasteiger partial charge on any atom is 0.255 e. The molecule has 3 saturated heterocycles. The highest BCUT2D eigenvalue weighted by molar-refractivity contribution is 7.13. The number of carbonyl (C=O) groups is 2. The number of fused-ring (bicyclic) bond motifs is 2. The predicted molar refractivity (Wildman–Crippen MR) is 291 cm³/mol. The van der Waals surface area contributed by atoms with Gasteiger partial charge < -0.3 is 54.7 Å². The van der Waals surface area contributed by atoms with Gasteiger partial charge in [0.15, 0.2) is 23.9 Å². The smallest absolute Gasteiger partial charge is 0.255 e. The lowest BCUT2D eigenvalue weighted by molar-refractivity contribution is -0.141. The Kier molecular flexibility index (Phi) is 14.8. The van der Waals surface area contributed by atoms with E-state index in [0.29, 0.717) is 41.5 Å². The van der Waals surface area contributed by atoms with Crippen molar-refractivity contribution >= 4 is 40.3 Å². The number of hydrogen-bond donors (Lipinski definition) is 4. The zero-order chi connectivity index (χ0) is 54.0. The number of phenolic OH excluding ortho intramolecular Hbond substituents is 1. The van der Waals surface area contributed by atoms with Gasteiger partial charge in [0.1, 0.15) is 29.9 Å². The Bertz CT molecular complexity index is 3330. The third kappa shape index (κ3) is 11.1. The SMILES string of the molecule is Cc1ncsc1-c1ccc([C@H](C)NC(=O)[C@@H]2C[C@@H](O)CN2C(=O)[C@@H](c2cc(OCC#Cc3ncc(O[C@H]4C[C@H](Oc5cc(N6C7CCC6CN(c6cc(-c8ccccc8O)nnc6N)C7)ccn5)C4)cn3)no2)C(C)C)cc1. The molecule has 4 fully saturated rings. The van der Waals surface area contributed by atoms with Crippen molar-refractivity contribution in [1.29, 1.82) is 0 Å². The summed E-state index contributed by atoms with van der Waals surface area (Å²) < 4.78 is 23.9. The molecule has 2 bridgehead atoms. The Morgan fingerprint density at radius 2 is 1.65 bits per heavy atom. The number of nitrogen functional groups attached to an aromatic ring is 1. The van der Waals surface area contributed by atoms with Crippen LogP contribution in [0.1, 0.15) is 87.7 Å². The van der Waals surface area contributed by atoms with Crippen LogP contribution >= 0.6 is 11.3 Å². The van der Waals surface area contributed by atoms with Crippen molar-refractivity contribution < 1.29 is 38.5 Å². The standard InChI is InChI=1S/C57H60N12O8S/c1-32(2)53(57(73)68-30-40(70)21-47(68)56(72)63-33(3)35-11-13-36(14-12-35)54-34(4)62-31-78-54)49-25-52(66-77-49)74-19-7-10-50-60-26-43(27-61-50)75-41-22-42(23-41)76-51-20-37(17-18-59-51)69-38-15-16-39(69)29-67(28-38)46-24-45(64-65-55(46)58)44-8-5-6-9-48(44)71/h5-6,8-9,11-14,17-18,20,24-27,31-33,38-42,47,53,70-71H,15-16,19,21-23,28-30H2,1-4H3,(H2,58,65)(H,63,72)/t33-,38?,39?,40+,41-,42-,47-,53+/m0/s1. The normalized spacial score (nSPS) is 21.3. The molecule has 402 valence electrons. The van der Waals surface area contributed by atoms with Crippen LogP contribution in [0.15, 0.2) is 101 Å². The molecule has 78 heavy (non-hydrogen) atoms. The molecule has 8 heterocycles. The zero-order valence-corrected chi connectivity index (χ0v) is 44.4. The molecule has 0 radical (unpaired) electrons. The van der Waals surface area contributed by atoms with E-state index >= 15 is 0 Å². The Morgan fingerprint density at radius 3 is 2.38 bits per heavy atom. The molecule has 11 rings (SSSR count). The first-order valence-corrected chi connectivity index (χ1v) is 27.1. The van der Waals surface area contributed by atoms with Gasteiger partial charge >= 0.3 is 0 Å². The lowest BCUT2D eigenvalue weighted by Crippen LogP contribution is -2.54. The number of aromatic nitrogens is 7. The molecule has 4 aliphatic rings. The molecule has 6 atom stereocenters. The lowest BCUT2D eigenvalue weighted by atomic mass is 9.91. The van der Waals surface area contributed by atoms with Crippen molar-refractivity contribution in [2.75, 3.05) is 41.8 Å². The van der Waals surface area contributed by atoms with Crippen LogP contribution in [0.5, 0.6) is 23.3 Å². The van der Waals surface area contributed by atoms with Gasteiger partial charge in [0.25, 0.3) is 5.88 Å². The molecule has 1 aliphatic carbocycles. The summed E-state index contributed by atoms with van der Waals surface area (Å²) in [6.07, 6.45) is 7.56. The summed E-state index contributed by atoms with van der Waals surface area (Å²) in [7, 11) is 0. The van der Waals surface area contributed by atoms with Crippen LogP contribution in [0, 0.1) is 24.7 Å². The topological polar surface area (TPSA) is 253 Å². The van der Waals surface area contributed by atoms with Crippen molar-refractivity contribution in [3.63, 3.8) is 0 Å². The van der Waals surface area contributed by atoms with E-state index in [-0.39, 0.29) is 90.9 Å². The van der Waals surface area contributed by atoms with E-state index in [9.17, 15) is 19.8 Å². The third-order valence-electron chi connectivity index (χ3n) is 15.0. The number of aliphatic hydroxyl groups excluding tert-OH is 1. The van der Waals surface area contributed by atoms with Crippen molar-refractivity contribution in [1.82, 2.24) is 45.5 Å². The summed E-state index contributed by atoms with van der Waals surface area (Å²) in [5.41, 5.74) is 14.2. The van der Waals surface area contributed by atoms with E-state index < -0.39 is 18.1 Å². The van der Waals surface area contributed by atoms with E-state index in [1.807, 2.05) is 87.8 Å². The second kappa shape index (κ2) is 22.3. The molecule has 2 amide bonds. The number of anilines is 3. The number of aromatic hydroxyl groups is 1. The van der Waals surface area contributed by atoms with Gasteiger partial charge in [-0.1, -0.05) is 56.2 Å². The summed E-state index contributed by atoms with van der Waals surface area (Å²) in [6, 6.07) is 21.9. The predicted octanol–water partition coefficient (Wildman–Crippen LogP) is 6.89. The van der Waals surface area contributed by atoms with Crippen molar-refractivity contribution in [3.05, 3.63) is 120 Å². The van der Waals surface area contributed by atoms with Gasteiger partial charge in [0.2, 0.25) is 23.5 Å². The van der Waals surface area contributed by atoms with Crippen molar-refractivity contribution in [2.24, 2.45) is 5.92 Å². The third-order valence-corrected chi connectivity index (χ3v) is 15.9. The molecule has 2 aromatic carbocycles. The van der Waals surface area contributed by atoms with E-state index in [1.54, 1.807) is 48.1 Å². The number of rotatable bonds is 16. The number of aryl methyl sites for hydroxylation is 1. The van der Waals surface area contributed by atoms with E-state index in [1.165, 1.54) is 4.90 Å². The quantitative estimate of drug-likeness (QED) is 0.0719. The number of benzene rings is 2. The van der Waals surface area contributed by atoms with Crippen molar-refractivity contribution in [2.45, 2.75) is 108 Å². The van der Waals surface area contributed by atoms with Crippen LogP contribution in [-0.4, -0.2) is 125 Å². The molecule has 21 heteroatoms. The van der Waals surface area contributed by atoms with Gasteiger partial charge in [-0.25, -0.2) is 19.9 Å². The minimum atomic E-state index is -0.866. The largest absolute Gasteiger partial charge is 0.507 e. The fraction of sp³-hybridized carbons (Fsp3) is 0.386. The molecule has 5 N–H and O–H groups in total. The van der Waals surface area contributed by atoms with Crippen molar-refractivity contribution in [3.8, 4) is 56.8 Å². The number of thiazole rings is 1. The second-order valence-electron chi connectivity index (χ2n) is 20.7. The first-order valence-electron chi connectivity index (χ1n) is 26.3. The number of phenols is 1. The molecular formula is C57H60N12O8S. The summed E-state index contributed by atoms with van der Waals surface area (Å²) in [6.45, 7) is 9.13. The van der Waals surface area contributed by atoms with E-state index in [2.05, 4.69) is 62.2 Å². The molecule has 20 nitrogen and oxygen atoms in total. The number of carbonyl (C=O) groups excluding carboxylic acids is 2. The minimum Gasteiger partial charge on any atom is -0.507 e. The molecule has 7 aromatic rings. The fourth-order valence-electron chi connectivity index (χ4n) is 11.0. The number of β-amino-alcohol motifs (C(OH)–C–C–N with tert-alkyl or cyclic N) is 1. The monoisotopic (exact) mass is 1070 g/mol. The average molecular weight is 1070 g/mol. The minimum absolute atomic E-state index is 0.0162. The van der Waals surface area contributed by atoms with E-state index in [4.69, 9.17) is 24.5 Å². The molecular weight excluding hydrogens is 1010 g/mol. The van der Waals surface area contributed by atoms with Crippen LogP contribution in [0.3, 0.4) is 0 Å². The summed E-state index contributed by atoms with van der Waals surface area (Å²) >= 11 is 1.58. The molecule has 3 aliphatic heterocycles. The maximum atomic E-state index is 14.2. The van der Waals surface area contributed by atoms with Crippen LogP contribution in [0.4, 0.5) is 17.2 Å². The van der Waals surface area contributed by atoms with Gasteiger partial charge in [0, 0.05) is 80.6 Å². The number of nitrogens with zero attached hydrogens (tertiary/aromatic N) is 10. The number of likely N-dealkylation sites (tertiary alicyclic amines) is 1. The van der Waals surface area contributed by atoms with Gasteiger partial charge in [-0.2, -0.15) is 0 Å². The van der Waals surface area contributed by atoms with Gasteiger partial charge in [-0.15, -0.1) is 21.5 Å². The second-order valence-corrected chi connectivity index (χ2v) is 21.5. The number of piperazine rings is 1. The van der Waals surface area contributed by atoms with Crippen LogP contribution < -0.4 is 35.1 Å². The first kappa shape index (κ1) is 51.7. The van der Waals surface area contributed by atoms with Crippen LogP contribution in [0.2, 0.25) is 0 Å². The van der Waals surface area contributed by atoms with Crippen LogP contribution in [0.25, 0.3) is 21.7 Å². The Balaban J connectivity index is 0.627. The highest BCUT2D eigenvalue weighted by Crippen LogP contribution is 2.41. The Labute approximate surface area is 455 Å². The summed E-state index contributed by atoms with van der Waals surface area (Å²) in [5.74, 6) is 6.38. The number of hydrogen-bond acceptors (Lipinski definition) is 19. The van der Waals surface area contributed by atoms with Gasteiger partial charge in [-0.3, -0.25) is 9.59 Å². The maximum absolute atomic E-state index is 14.2. The number of ether oxygens (including phenoxy) is 3. The average Bonchev–Trinajstić information content (AvgIpc) is 4.28. The zero-order valence-electron chi connectivity index (χ0n) is 43.6. The summed E-state index contributed by atoms with van der Waals surface area (Å²) in [5, 5.41) is 36.8. The van der Waals surface area contributed by atoms with Gasteiger partial charge in [0.05, 0.1) is 52.0 Å². The summed E-state index contributed by atoms with van der Waals surface area (Å²) in [4.78, 5) is 52.8. The first-order chi connectivity index (χ1) is 37.8. The molecule has 5 aromatic heterocycles. The molecule has 0 spiro atoms. The highest BCUT2D eigenvalue weighted by atomic mass is 32.1. The Morgan fingerprint density at radius 1 is 0.897 bits per heavy atom. The van der Waals surface area contributed by atoms with E-state index in [0.717, 1.165) is 59.0 Å².